The Balaban J connectivity index is 2.69. The molecule has 1 heterocycles. The van der Waals surface area contributed by atoms with Gasteiger partial charge >= 0.3 is 0 Å². The van der Waals surface area contributed by atoms with Crippen molar-refractivity contribution in [2.45, 2.75) is 31.5 Å². The molecule has 0 unspecified atom stereocenters. The van der Waals surface area contributed by atoms with Gasteiger partial charge < -0.3 is 0 Å². The fraction of sp³-hybridized carbons (Fsp3) is 1.00. The van der Waals surface area contributed by atoms with Crippen LogP contribution in [0.2, 0.25) is 0 Å². The van der Waals surface area contributed by atoms with Crippen LogP contribution in [0.15, 0.2) is 0 Å². The summed E-state index contributed by atoms with van der Waals surface area (Å²) < 4.78 is 27.3. The summed E-state index contributed by atoms with van der Waals surface area (Å²) in [5, 5.41) is 0. The van der Waals surface area contributed by atoms with Gasteiger partial charge in [0.1, 0.15) is 0 Å². The zero-order chi connectivity index (χ0) is 11.5. The molecule has 0 N–H and O–H groups in total. The first-order valence-corrected chi connectivity index (χ1v) is 7.72. The number of halogens is 1. The normalized spacial score (nSPS) is 21.1. The molecule has 1 aliphatic heterocycles. The maximum atomic E-state index is 12.1. The van der Waals surface area contributed by atoms with E-state index in [0.29, 0.717) is 31.0 Å². The highest BCUT2D eigenvalue weighted by atomic mass is 79.9. The first-order chi connectivity index (χ1) is 7.02. The molecule has 0 saturated carbocycles. The van der Waals surface area contributed by atoms with Gasteiger partial charge in [0.2, 0.25) is 0 Å². The molecule has 6 heteroatoms. The highest BCUT2D eigenvalue weighted by Gasteiger charge is 2.30. The monoisotopic (exact) mass is 298 g/mol. The lowest BCUT2D eigenvalue weighted by Crippen LogP contribution is -2.47. The smallest absolute Gasteiger partial charge is 0.195 e. The zero-order valence-corrected chi connectivity index (χ0v) is 11.7. The molecule has 90 valence electrons. The largest absolute Gasteiger partial charge is 0.281 e. The Bertz CT molecular complexity index is 282. The average molecular weight is 299 g/mol. The number of piperidine rings is 1. The summed E-state index contributed by atoms with van der Waals surface area (Å²) in [6.45, 7) is 6.11. The Morgan fingerprint density at radius 3 is 2.13 bits per heavy atom. The van der Waals surface area contributed by atoms with Gasteiger partial charge in [-0.3, -0.25) is 0 Å². The highest BCUT2D eigenvalue weighted by molar-refractivity contribution is 9.09. The Kier molecular flexibility index (Phi) is 5.02. The first-order valence-electron chi connectivity index (χ1n) is 5.41. The van der Waals surface area contributed by atoms with Crippen LogP contribution in [0, 0.1) is 0 Å². The number of alkyl halides is 1. The molecule has 0 amide bonds. The number of hydrogen-bond donors (Lipinski definition) is 0. The summed E-state index contributed by atoms with van der Waals surface area (Å²) in [7, 11) is -3.20. The van der Waals surface area contributed by atoms with Gasteiger partial charge in [0.15, 0.2) is 0 Å². The molecular weight excluding hydrogens is 280 g/mol. The zero-order valence-electron chi connectivity index (χ0n) is 9.32. The topological polar surface area (TPSA) is 40.6 Å². The molecule has 1 saturated heterocycles. The van der Waals surface area contributed by atoms with Crippen molar-refractivity contribution in [3.05, 3.63) is 0 Å². The quantitative estimate of drug-likeness (QED) is 0.737. The van der Waals surface area contributed by atoms with E-state index in [1.807, 2.05) is 13.8 Å². The fourth-order valence-electron chi connectivity index (χ4n) is 1.77. The molecule has 0 aromatic heterocycles. The minimum Gasteiger partial charge on any atom is -0.195 e. The van der Waals surface area contributed by atoms with E-state index in [-0.39, 0.29) is 0 Å². The first kappa shape index (κ1) is 13.4. The number of rotatable bonds is 4. The van der Waals surface area contributed by atoms with Crippen LogP contribution in [0.3, 0.4) is 0 Å². The van der Waals surface area contributed by atoms with Crippen LogP contribution in [0.5, 0.6) is 0 Å². The van der Waals surface area contributed by atoms with Crippen molar-refractivity contribution in [2.24, 2.45) is 0 Å². The van der Waals surface area contributed by atoms with Crippen LogP contribution in [-0.2, 0) is 10.2 Å². The minimum absolute atomic E-state index is 0.473. The second-order valence-corrected chi connectivity index (χ2v) is 6.89. The van der Waals surface area contributed by atoms with Crippen molar-refractivity contribution >= 4 is 26.1 Å². The second-order valence-electron chi connectivity index (χ2n) is 3.67. The lowest BCUT2D eigenvalue weighted by molar-refractivity contribution is 0.315. The van der Waals surface area contributed by atoms with Crippen LogP contribution >= 0.6 is 15.9 Å². The van der Waals surface area contributed by atoms with E-state index >= 15 is 0 Å². The molecule has 0 atom stereocenters. The van der Waals surface area contributed by atoms with E-state index < -0.39 is 10.2 Å². The van der Waals surface area contributed by atoms with Gasteiger partial charge in [-0.2, -0.15) is 17.0 Å². The van der Waals surface area contributed by atoms with Crippen molar-refractivity contribution in [2.75, 3.05) is 26.2 Å². The third-order valence-electron chi connectivity index (χ3n) is 2.74. The fourth-order valence-corrected chi connectivity index (χ4v) is 3.83. The summed E-state index contributed by atoms with van der Waals surface area (Å²) in [6, 6.07) is 0. The predicted molar refractivity (Wildman–Crippen MR) is 65.4 cm³/mol. The van der Waals surface area contributed by atoms with Crippen molar-refractivity contribution in [1.29, 1.82) is 0 Å². The van der Waals surface area contributed by atoms with Gasteiger partial charge in [-0.1, -0.05) is 29.8 Å². The summed E-state index contributed by atoms with van der Waals surface area (Å²) in [5.41, 5.74) is 0. The van der Waals surface area contributed by atoms with E-state index in [9.17, 15) is 8.42 Å². The summed E-state index contributed by atoms with van der Waals surface area (Å²) in [6.07, 6.45) is 1.81. The molecule has 0 aliphatic carbocycles. The molecule has 0 radical (unpaired) electrons. The molecule has 15 heavy (non-hydrogen) atoms. The van der Waals surface area contributed by atoms with Gasteiger partial charge in [-0.25, -0.2) is 0 Å². The molecule has 4 nitrogen and oxygen atoms in total. The molecular formula is C9H19BrN2O2S. The van der Waals surface area contributed by atoms with Gasteiger partial charge in [0, 0.05) is 31.0 Å². The van der Waals surface area contributed by atoms with Gasteiger partial charge in [-0.05, 0) is 12.8 Å². The summed E-state index contributed by atoms with van der Waals surface area (Å²) in [5.74, 6) is 0. The van der Waals surface area contributed by atoms with Gasteiger partial charge in [0.25, 0.3) is 10.2 Å². The van der Waals surface area contributed by atoms with Crippen LogP contribution in [0.4, 0.5) is 0 Å². The van der Waals surface area contributed by atoms with Crippen molar-refractivity contribution in [3.8, 4) is 0 Å². The maximum Gasteiger partial charge on any atom is 0.281 e. The van der Waals surface area contributed by atoms with Crippen molar-refractivity contribution < 1.29 is 8.42 Å². The van der Waals surface area contributed by atoms with Crippen LogP contribution in [0.1, 0.15) is 26.7 Å². The minimum atomic E-state index is -3.20. The Morgan fingerprint density at radius 2 is 1.73 bits per heavy atom. The lowest BCUT2D eigenvalue weighted by Gasteiger charge is -2.32. The second kappa shape index (κ2) is 5.61. The van der Waals surface area contributed by atoms with Gasteiger partial charge in [0.05, 0.1) is 0 Å². The number of nitrogens with zero attached hydrogens (tertiary/aromatic N) is 2. The lowest BCUT2D eigenvalue weighted by atomic mass is 10.2. The van der Waals surface area contributed by atoms with Gasteiger partial charge in [-0.15, -0.1) is 0 Å². The van der Waals surface area contributed by atoms with E-state index in [1.54, 1.807) is 4.31 Å². The summed E-state index contributed by atoms with van der Waals surface area (Å²) in [4.78, 5) is 0.473. The molecule has 1 aliphatic rings. The SMILES string of the molecule is CCN(CC)S(=O)(=O)N1CCC(Br)CC1. The third kappa shape index (κ3) is 3.15. The highest BCUT2D eigenvalue weighted by Crippen LogP contribution is 2.21. The van der Waals surface area contributed by atoms with Crippen LogP contribution in [-0.4, -0.2) is 48.0 Å². The molecule has 0 bridgehead atoms. The van der Waals surface area contributed by atoms with E-state index in [2.05, 4.69) is 15.9 Å². The molecule has 0 aromatic rings. The van der Waals surface area contributed by atoms with Crippen LogP contribution < -0.4 is 0 Å². The number of hydrogen-bond acceptors (Lipinski definition) is 2. The third-order valence-corrected chi connectivity index (χ3v) is 5.84. The Morgan fingerprint density at radius 1 is 1.27 bits per heavy atom. The van der Waals surface area contributed by atoms with E-state index in [1.165, 1.54) is 4.31 Å². The van der Waals surface area contributed by atoms with E-state index in [0.717, 1.165) is 12.8 Å². The predicted octanol–water partition coefficient (Wildman–Crippen LogP) is 1.43. The van der Waals surface area contributed by atoms with Crippen LogP contribution in [0.25, 0.3) is 0 Å². The molecule has 1 fully saturated rings. The average Bonchev–Trinajstić information content (AvgIpc) is 2.19. The molecule has 1 rings (SSSR count). The molecule has 0 spiro atoms. The maximum absolute atomic E-state index is 12.1. The van der Waals surface area contributed by atoms with Crippen molar-refractivity contribution in [3.63, 3.8) is 0 Å². The van der Waals surface area contributed by atoms with Crippen molar-refractivity contribution in [1.82, 2.24) is 8.61 Å². The summed E-state index contributed by atoms with van der Waals surface area (Å²) >= 11 is 3.52. The molecule has 0 aromatic carbocycles. The Hall–Kier alpha value is 0.350. The standard InChI is InChI=1S/C9H19BrN2O2S/c1-3-11(4-2)15(13,14)12-7-5-9(10)6-8-12/h9H,3-8H2,1-2H3. The Labute approximate surface area is 101 Å². The van der Waals surface area contributed by atoms with E-state index in [4.69, 9.17) is 0 Å².